The Kier molecular flexibility index (Phi) is 6.66. The molecule has 0 spiro atoms. The monoisotopic (exact) mass is 322 g/mol. The molecule has 1 aromatic rings. The quantitative estimate of drug-likeness (QED) is 0.759. The summed E-state index contributed by atoms with van der Waals surface area (Å²) < 4.78 is 59.2. The van der Waals surface area contributed by atoms with Gasteiger partial charge in [-0.25, -0.2) is 21.9 Å². The molecule has 5 nitrogen and oxygen atoms in total. The number of hydrogen-bond acceptors (Lipinski definition) is 4. The highest BCUT2D eigenvalue weighted by Gasteiger charge is 2.24. The molecule has 2 N–H and O–H groups in total. The van der Waals surface area contributed by atoms with E-state index in [1.54, 1.807) is 6.92 Å². The summed E-state index contributed by atoms with van der Waals surface area (Å²) in [5, 5.41) is 2.60. The van der Waals surface area contributed by atoms with E-state index in [1.165, 1.54) is 14.2 Å². The zero-order valence-electron chi connectivity index (χ0n) is 12.2. The van der Waals surface area contributed by atoms with Gasteiger partial charge < -0.3 is 10.1 Å². The van der Waals surface area contributed by atoms with Gasteiger partial charge in [0.1, 0.15) is 10.7 Å². The largest absolute Gasteiger partial charge is 0.385 e. The Labute approximate surface area is 123 Å². The van der Waals surface area contributed by atoms with E-state index in [9.17, 15) is 17.2 Å². The van der Waals surface area contributed by atoms with E-state index in [2.05, 4.69) is 10.0 Å². The van der Waals surface area contributed by atoms with Crippen LogP contribution in [0, 0.1) is 11.6 Å². The van der Waals surface area contributed by atoms with Crippen molar-refractivity contribution in [1.29, 1.82) is 0 Å². The summed E-state index contributed by atoms with van der Waals surface area (Å²) in [5.41, 5.74) is -0.301. The van der Waals surface area contributed by atoms with Gasteiger partial charge in [0, 0.05) is 31.9 Å². The third-order valence-electron chi connectivity index (χ3n) is 2.90. The first-order chi connectivity index (χ1) is 9.83. The average Bonchev–Trinajstić information content (AvgIpc) is 2.40. The smallest absolute Gasteiger partial charge is 0.243 e. The molecule has 1 aromatic carbocycles. The lowest BCUT2D eigenvalue weighted by Crippen LogP contribution is -2.34. The molecule has 120 valence electrons. The summed E-state index contributed by atoms with van der Waals surface area (Å²) in [4.78, 5) is -0.557. The first-order valence-corrected chi connectivity index (χ1v) is 7.94. The summed E-state index contributed by atoms with van der Waals surface area (Å²) in [6.45, 7) is 1.92. The molecule has 0 aliphatic heterocycles. The molecule has 21 heavy (non-hydrogen) atoms. The second-order valence-electron chi connectivity index (χ2n) is 4.67. The van der Waals surface area contributed by atoms with Gasteiger partial charge in [0.2, 0.25) is 10.0 Å². The molecule has 0 saturated carbocycles. The molecule has 8 heteroatoms. The Morgan fingerprint density at radius 2 is 2.00 bits per heavy atom. The molecule has 1 atom stereocenters. The molecule has 0 radical (unpaired) electrons. The van der Waals surface area contributed by atoms with Crippen LogP contribution in [0.3, 0.4) is 0 Å². The van der Waals surface area contributed by atoms with Crippen LogP contribution >= 0.6 is 0 Å². The molecule has 0 aliphatic rings. The summed E-state index contributed by atoms with van der Waals surface area (Å²) >= 11 is 0. The third-order valence-corrected chi connectivity index (χ3v) is 4.51. The van der Waals surface area contributed by atoms with Gasteiger partial charge in [-0.3, -0.25) is 0 Å². The number of sulfonamides is 1. The maximum absolute atomic E-state index is 14.2. The Hall–Kier alpha value is -1.09. The molecular formula is C13H20F2N2O3S. The highest BCUT2D eigenvalue weighted by Crippen LogP contribution is 2.21. The number of halogens is 2. The number of hydrogen-bond donors (Lipinski definition) is 2. The van der Waals surface area contributed by atoms with E-state index < -0.39 is 32.6 Å². The lowest BCUT2D eigenvalue weighted by atomic mass is 10.2. The van der Waals surface area contributed by atoms with Crippen LogP contribution in [0.1, 0.15) is 18.9 Å². The summed E-state index contributed by atoms with van der Waals surface area (Å²) in [7, 11) is -1.03. The molecule has 0 heterocycles. The molecule has 0 saturated heterocycles. The van der Waals surface area contributed by atoms with Crippen molar-refractivity contribution >= 4 is 10.0 Å². The summed E-state index contributed by atoms with van der Waals surface area (Å²) in [5.74, 6) is -1.86. The van der Waals surface area contributed by atoms with Gasteiger partial charge in [-0.05, 0) is 32.5 Å². The van der Waals surface area contributed by atoms with Crippen molar-refractivity contribution in [3.05, 3.63) is 29.3 Å². The molecule has 0 aliphatic carbocycles. The Morgan fingerprint density at radius 1 is 1.33 bits per heavy atom. The molecule has 0 fully saturated rings. The Morgan fingerprint density at radius 3 is 2.57 bits per heavy atom. The lowest BCUT2D eigenvalue weighted by molar-refractivity contribution is 0.188. The van der Waals surface area contributed by atoms with Crippen LogP contribution in [0.25, 0.3) is 0 Å². The van der Waals surface area contributed by atoms with Crippen molar-refractivity contribution in [2.45, 2.75) is 30.8 Å². The zero-order valence-corrected chi connectivity index (χ0v) is 13.1. The summed E-state index contributed by atoms with van der Waals surface area (Å²) in [6, 6.07) is 1.45. The van der Waals surface area contributed by atoms with Crippen molar-refractivity contribution < 1.29 is 21.9 Å². The van der Waals surface area contributed by atoms with Gasteiger partial charge in [0.05, 0.1) is 0 Å². The average molecular weight is 322 g/mol. The minimum Gasteiger partial charge on any atom is -0.385 e. The predicted molar refractivity (Wildman–Crippen MR) is 75.4 cm³/mol. The Bertz CT molecular complexity index is 579. The fourth-order valence-electron chi connectivity index (χ4n) is 1.80. The standard InChI is InChI=1S/C13H20F2N2O3S/c1-9(6-7-20-3)17-21(18,19)12-5-4-11(14)10(8-16-2)13(12)15/h4-5,9,16-17H,6-8H2,1-3H3. The van der Waals surface area contributed by atoms with Gasteiger partial charge in [-0.2, -0.15) is 0 Å². The van der Waals surface area contributed by atoms with Crippen LogP contribution in [0.15, 0.2) is 17.0 Å². The third kappa shape index (κ3) is 4.70. The van der Waals surface area contributed by atoms with Gasteiger partial charge >= 0.3 is 0 Å². The van der Waals surface area contributed by atoms with Crippen molar-refractivity contribution in [2.24, 2.45) is 0 Å². The summed E-state index contributed by atoms with van der Waals surface area (Å²) in [6.07, 6.45) is 0.446. The number of methoxy groups -OCH3 is 1. The van der Waals surface area contributed by atoms with E-state index in [4.69, 9.17) is 4.74 Å². The number of nitrogens with one attached hydrogen (secondary N) is 2. The fourth-order valence-corrected chi connectivity index (χ4v) is 3.19. The second kappa shape index (κ2) is 7.79. The molecule has 0 aromatic heterocycles. The highest BCUT2D eigenvalue weighted by atomic mass is 32.2. The lowest BCUT2D eigenvalue weighted by Gasteiger charge is -2.15. The van der Waals surface area contributed by atoms with Gasteiger partial charge in [0.25, 0.3) is 0 Å². The molecule has 0 amide bonds. The van der Waals surface area contributed by atoms with Crippen molar-refractivity contribution in [2.75, 3.05) is 20.8 Å². The van der Waals surface area contributed by atoms with Gasteiger partial charge in [0.15, 0.2) is 5.82 Å². The van der Waals surface area contributed by atoms with Crippen molar-refractivity contribution in [3.8, 4) is 0 Å². The molecule has 0 bridgehead atoms. The second-order valence-corrected chi connectivity index (χ2v) is 6.35. The first-order valence-electron chi connectivity index (χ1n) is 6.46. The van der Waals surface area contributed by atoms with E-state index in [0.29, 0.717) is 13.0 Å². The van der Waals surface area contributed by atoms with Crippen LogP contribution in [0.5, 0.6) is 0 Å². The molecule has 1 unspecified atom stereocenters. The van der Waals surface area contributed by atoms with E-state index in [1.807, 2.05) is 0 Å². The minimum absolute atomic E-state index is 0.0970. The SMILES string of the molecule is CNCc1c(F)ccc(S(=O)(=O)NC(C)CCOC)c1F. The van der Waals surface area contributed by atoms with Crippen LogP contribution in [-0.2, 0) is 21.3 Å². The number of benzene rings is 1. The topological polar surface area (TPSA) is 67.4 Å². The van der Waals surface area contributed by atoms with Gasteiger partial charge in [-0.1, -0.05) is 0 Å². The maximum atomic E-state index is 14.2. The van der Waals surface area contributed by atoms with E-state index in [-0.39, 0.29) is 12.1 Å². The first kappa shape index (κ1) is 18.0. The highest BCUT2D eigenvalue weighted by molar-refractivity contribution is 7.89. The number of rotatable bonds is 8. The minimum atomic E-state index is -4.05. The van der Waals surface area contributed by atoms with Crippen LogP contribution < -0.4 is 10.0 Å². The van der Waals surface area contributed by atoms with Crippen molar-refractivity contribution in [1.82, 2.24) is 10.0 Å². The number of ether oxygens (including phenoxy) is 1. The van der Waals surface area contributed by atoms with Gasteiger partial charge in [-0.15, -0.1) is 0 Å². The fraction of sp³-hybridized carbons (Fsp3) is 0.538. The normalized spacial score (nSPS) is 13.4. The molecular weight excluding hydrogens is 302 g/mol. The van der Waals surface area contributed by atoms with Crippen LogP contribution in [0.4, 0.5) is 8.78 Å². The zero-order chi connectivity index (χ0) is 16.0. The Balaban J connectivity index is 3.06. The maximum Gasteiger partial charge on any atom is 0.243 e. The van der Waals surface area contributed by atoms with Crippen LogP contribution in [-0.4, -0.2) is 35.2 Å². The predicted octanol–water partition coefficient (Wildman–Crippen LogP) is 1.39. The van der Waals surface area contributed by atoms with E-state index >= 15 is 0 Å². The van der Waals surface area contributed by atoms with Crippen LogP contribution in [0.2, 0.25) is 0 Å². The molecule has 1 rings (SSSR count). The van der Waals surface area contributed by atoms with Crippen molar-refractivity contribution in [3.63, 3.8) is 0 Å². The van der Waals surface area contributed by atoms with E-state index in [0.717, 1.165) is 12.1 Å².